The van der Waals surface area contributed by atoms with Gasteiger partial charge in [-0.3, -0.25) is 9.89 Å². The molecule has 0 radical (unpaired) electrons. The van der Waals surface area contributed by atoms with Crippen molar-refractivity contribution in [3.05, 3.63) is 11.6 Å². The number of carbonyl (C=O) groups excluding carboxylic acids is 1. The van der Waals surface area contributed by atoms with Crippen molar-refractivity contribution in [3.63, 3.8) is 0 Å². The van der Waals surface area contributed by atoms with Gasteiger partial charge in [-0.1, -0.05) is 13.8 Å². The highest BCUT2D eigenvalue weighted by molar-refractivity contribution is 5.76. The number of likely N-dealkylation sites (tertiary alicyclic amines) is 1. The number of urea groups is 1. The Morgan fingerprint density at radius 2 is 2.24 bits per heavy atom. The van der Waals surface area contributed by atoms with Crippen LogP contribution in [0.25, 0.3) is 0 Å². The highest BCUT2D eigenvalue weighted by Crippen LogP contribution is 2.21. The number of H-pyrrole nitrogens is 1. The molecule has 1 aliphatic rings. The SMILES string of the molecule is CCc1n[nH]c(CNC(=O)N2CC(C)CC(C(=O)O)C2)n1. The zero-order valence-corrected chi connectivity index (χ0v) is 12.3. The first-order valence-corrected chi connectivity index (χ1v) is 7.15. The molecule has 1 aromatic heterocycles. The van der Waals surface area contributed by atoms with E-state index in [0.717, 1.165) is 6.42 Å². The van der Waals surface area contributed by atoms with Gasteiger partial charge in [0.25, 0.3) is 0 Å². The minimum Gasteiger partial charge on any atom is -0.481 e. The molecule has 0 aliphatic carbocycles. The molecule has 2 atom stereocenters. The number of nitrogens with one attached hydrogen (secondary N) is 2. The van der Waals surface area contributed by atoms with Crippen molar-refractivity contribution in [3.8, 4) is 0 Å². The lowest BCUT2D eigenvalue weighted by Crippen LogP contribution is -2.49. The van der Waals surface area contributed by atoms with Crippen LogP contribution >= 0.6 is 0 Å². The first-order chi connectivity index (χ1) is 9.99. The predicted octanol–water partition coefficient (Wildman–Crippen LogP) is 0.619. The number of nitrogens with zero attached hydrogens (tertiary/aromatic N) is 3. The highest BCUT2D eigenvalue weighted by Gasteiger charge is 2.31. The van der Waals surface area contributed by atoms with Gasteiger partial charge in [0.15, 0.2) is 5.82 Å². The van der Waals surface area contributed by atoms with Gasteiger partial charge in [0.2, 0.25) is 0 Å². The molecule has 0 aromatic carbocycles. The molecule has 2 rings (SSSR count). The third-order valence-corrected chi connectivity index (χ3v) is 3.60. The maximum absolute atomic E-state index is 12.1. The molecule has 8 heteroatoms. The Bertz CT molecular complexity index is 516. The largest absolute Gasteiger partial charge is 0.481 e. The summed E-state index contributed by atoms with van der Waals surface area (Å²) in [7, 11) is 0. The van der Waals surface area contributed by atoms with Gasteiger partial charge < -0.3 is 15.3 Å². The van der Waals surface area contributed by atoms with Gasteiger partial charge in [-0.2, -0.15) is 5.10 Å². The number of hydrogen-bond acceptors (Lipinski definition) is 4. The fourth-order valence-corrected chi connectivity index (χ4v) is 2.54. The van der Waals surface area contributed by atoms with Crippen LogP contribution in [0.3, 0.4) is 0 Å². The summed E-state index contributed by atoms with van der Waals surface area (Å²) in [4.78, 5) is 29.0. The van der Waals surface area contributed by atoms with Gasteiger partial charge in [0.05, 0.1) is 12.5 Å². The topological polar surface area (TPSA) is 111 Å². The Labute approximate surface area is 122 Å². The van der Waals surface area contributed by atoms with E-state index in [1.165, 1.54) is 0 Å². The molecular weight excluding hydrogens is 274 g/mol. The number of amides is 2. The van der Waals surface area contributed by atoms with E-state index in [2.05, 4.69) is 20.5 Å². The summed E-state index contributed by atoms with van der Waals surface area (Å²) in [5.74, 6) is 0.151. The number of aromatic nitrogens is 3. The lowest BCUT2D eigenvalue weighted by Gasteiger charge is -2.34. The number of carboxylic acids is 1. The first-order valence-electron chi connectivity index (χ1n) is 7.15. The molecule has 8 nitrogen and oxygen atoms in total. The van der Waals surface area contributed by atoms with Crippen LogP contribution in [0.2, 0.25) is 0 Å². The van der Waals surface area contributed by atoms with Crippen LogP contribution in [0.4, 0.5) is 4.79 Å². The fraction of sp³-hybridized carbons (Fsp3) is 0.692. The minimum absolute atomic E-state index is 0.183. The normalized spacial score (nSPS) is 22.1. The van der Waals surface area contributed by atoms with Crippen molar-refractivity contribution in [2.24, 2.45) is 11.8 Å². The third kappa shape index (κ3) is 3.93. The Hall–Kier alpha value is -2.12. The second kappa shape index (κ2) is 6.55. The summed E-state index contributed by atoms with van der Waals surface area (Å²) >= 11 is 0. The summed E-state index contributed by atoms with van der Waals surface area (Å²) in [5, 5.41) is 18.6. The van der Waals surface area contributed by atoms with Crippen molar-refractivity contribution >= 4 is 12.0 Å². The molecule has 2 amide bonds. The van der Waals surface area contributed by atoms with Crippen LogP contribution in [0.1, 0.15) is 31.9 Å². The van der Waals surface area contributed by atoms with E-state index in [1.54, 1.807) is 4.90 Å². The molecular formula is C13H21N5O3. The Morgan fingerprint density at radius 3 is 2.86 bits per heavy atom. The Kier molecular flexibility index (Phi) is 4.77. The van der Waals surface area contributed by atoms with Gasteiger partial charge in [0, 0.05) is 19.5 Å². The smallest absolute Gasteiger partial charge is 0.317 e. The first kappa shape index (κ1) is 15.3. The van der Waals surface area contributed by atoms with Crippen LogP contribution in [-0.4, -0.2) is 50.3 Å². The van der Waals surface area contributed by atoms with Gasteiger partial charge >= 0.3 is 12.0 Å². The molecule has 1 aliphatic heterocycles. The van der Waals surface area contributed by atoms with E-state index in [-0.39, 0.29) is 25.0 Å². The van der Waals surface area contributed by atoms with Crippen LogP contribution < -0.4 is 5.32 Å². The lowest BCUT2D eigenvalue weighted by atomic mass is 9.91. The van der Waals surface area contributed by atoms with Crippen LogP contribution in [0, 0.1) is 11.8 Å². The van der Waals surface area contributed by atoms with Crippen molar-refractivity contribution < 1.29 is 14.7 Å². The van der Waals surface area contributed by atoms with Crippen LogP contribution in [0.5, 0.6) is 0 Å². The summed E-state index contributed by atoms with van der Waals surface area (Å²) < 4.78 is 0. The Morgan fingerprint density at radius 1 is 1.48 bits per heavy atom. The molecule has 116 valence electrons. The van der Waals surface area contributed by atoms with E-state index < -0.39 is 11.9 Å². The summed E-state index contributed by atoms with van der Waals surface area (Å²) in [6.07, 6.45) is 1.34. The number of carboxylic acid groups (broad SMARTS) is 1. The highest BCUT2D eigenvalue weighted by atomic mass is 16.4. The fourth-order valence-electron chi connectivity index (χ4n) is 2.54. The van der Waals surface area contributed by atoms with Crippen molar-refractivity contribution in [1.82, 2.24) is 25.4 Å². The molecule has 1 fully saturated rings. The maximum atomic E-state index is 12.1. The molecule has 2 unspecified atom stereocenters. The quantitative estimate of drug-likeness (QED) is 0.754. The monoisotopic (exact) mass is 295 g/mol. The second-order valence-electron chi connectivity index (χ2n) is 5.49. The lowest BCUT2D eigenvalue weighted by molar-refractivity contribution is -0.143. The summed E-state index contributed by atoms with van der Waals surface area (Å²) in [6, 6.07) is -0.262. The number of aromatic amines is 1. The van der Waals surface area contributed by atoms with Crippen LogP contribution in [0.15, 0.2) is 0 Å². The molecule has 2 heterocycles. The molecule has 0 saturated carbocycles. The van der Waals surface area contributed by atoms with E-state index >= 15 is 0 Å². The molecule has 1 saturated heterocycles. The van der Waals surface area contributed by atoms with Gasteiger partial charge in [-0.15, -0.1) is 0 Å². The number of aliphatic carboxylic acids is 1. The van der Waals surface area contributed by atoms with Crippen molar-refractivity contribution in [2.75, 3.05) is 13.1 Å². The average molecular weight is 295 g/mol. The number of rotatable bonds is 4. The average Bonchev–Trinajstić information content (AvgIpc) is 2.92. The van der Waals surface area contributed by atoms with Crippen LogP contribution in [-0.2, 0) is 17.8 Å². The molecule has 3 N–H and O–H groups in total. The maximum Gasteiger partial charge on any atom is 0.317 e. The summed E-state index contributed by atoms with van der Waals surface area (Å²) in [6.45, 7) is 4.99. The summed E-state index contributed by atoms with van der Waals surface area (Å²) in [5.41, 5.74) is 0. The minimum atomic E-state index is -0.845. The van der Waals surface area contributed by atoms with Crippen molar-refractivity contribution in [1.29, 1.82) is 0 Å². The molecule has 1 aromatic rings. The Balaban J connectivity index is 1.88. The number of hydrogen-bond donors (Lipinski definition) is 3. The zero-order valence-electron chi connectivity index (χ0n) is 12.3. The van der Waals surface area contributed by atoms with E-state index in [1.807, 2.05) is 13.8 Å². The van der Waals surface area contributed by atoms with E-state index in [0.29, 0.717) is 24.6 Å². The molecule has 21 heavy (non-hydrogen) atoms. The number of aryl methyl sites for hydroxylation is 1. The van der Waals surface area contributed by atoms with Gasteiger partial charge in [0.1, 0.15) is 5.82 Å². The second-order valence-corrected chi connectivity index (χ2v) is 5.49. The number of piperidine rings is 1. The van der Waals surface area contributed by atoms with Gasteiger partial charge in [-0.05, 0) is 12.3 Å². The van der Waals surface area contributed by atoms with E-state index in [9.17, 15) is 9.59 Å². The third-order valence-electron chi connectivity index (χ3n) is 3.60. The zero-order chi connectivity index (χ0) is 15.4. The van der Waals surface area contributed by atoms with Gasteiger partial charge in [-0.25, -0.2) is 9.78 Å². The molecule has 0 bridgehead atoms. The number of carbonyl (C=O) groups is 2. The van der Waals surface area contributed by atoms with Crippen molar-refractivity contribution in [2.45, 2.75) is 33.2 Å². The predicted molar refractivity (Wildman–Crippen MR) is 74.5 cm³/mol. The van der Waals surface area contributed by atoms with E-state index in [4.69, 9.17) is 5.11 Å². The molecule has 0 spiro atoms. The standard InChI is InChI=1S/C13H21N5O3/c1-3-10-15-11(17-16-10)5-14-13(21)18-6-8(2)4-9(7-18)12(19)20/h8-9H,3-7H2,1-2H3,(H,14,21)(H,19,20)(H,15,16,17).